The highest BCUT2D eigenvalue weighted by Gasteiger charge is 2.24. The molecule has 2 rings (SSSR count). The molecule has 0 aromatic rings. The van der Waals surface area contributed by atoms with E-state index in [1.165, 1.54) is 0 Å². The van der Waals surface area contributed by atoms with Gasteiger partial charge in [-0.1, -0.05) is 6.92 Å². The number of carbonyl (C=O) groups is 1. The van der Waals surface area contributed by atoms with Crippen molar-refractivity contribution in [2.75, 3.05) is 59.4 Å². The second-order valence-corrected chi connectivity index (χ2v) is 5.43. The van der Waals surface area contributed by atoms with Crippen molar-refractivity contribution in [3.63, 3.8) is 0 Å². The number of rotatable bonds is 3. The van der Waals surface area contributed by atoms with E-state index in [2.05, 4.69) is 29.1 Å². The van der Waals surface area contributed by atoms with Gasteiger partial charge >= 0.3 is 0 Å². The van der Waals surface area contributed by atoms with E-state index in [-0.39, 0.29) is 0 Å². The van der Waals surface area contributed by atoms with Crippen molar-refractivity contribution in [2.45, 2.75) is 19.4 Å². The number of piperazine rings is 2. The van der Waals surface area contributed by atoms with E-state index < -0.39 is 0 Å². The minimum Gasteiger partial charge on any atom is -0.340 e. The van der Waals surface area contributed by atoms with Crippen LogP contribution in [0.25, 0.3) is 0 Å². The Morgan fingerprint density at radius 1 is 1.22 bits per heavy atom. The lowest BCUT2D eigenvalue weighted by molar-refractivity contribution is -0.133. The smallest absolute Gasteiger partial charge is 0.224 e. The lowest BCUT2D eigenvalue weighted by Gasteiger charge is -2.36. The molecule has 0 radical (unpaired) electrons. The first kappa shape index (κ1) is 13.8. The summed E-state index contributed by atoms with van der Waals surface area (Å²) < 4.78 is 0. The van der Waals surface area contributed by atoms with Crippen LogP contribution < -0.4 is 5.32 Å². The Morgan fingerprint density at radius 2 is 1.94 bits per heavy atom. The average Bonchev–Trinajstić information content (AvgIpc) is 2.39. The third-order valence-electron chi connectivity index (χ3n) is 4.05. The molecule has 2 fully saturated rings. The molecular weight excluding hydrogens is 228 g/mol. The first-order valence-corrected chi connectivity index (χ1v) is 7.11. The normalized spacial score (nSPS) is 27.4. The van der Waals surface area contributed by atoms with Crippen molar-refractivity contribution in [3.8, 4) is 0 Å². The summed E-state index contributed by atoms with van der Waals surface area (Å²) in [4.78, 5) is 18.9. The average molecular weight is 254 g/mol. The summed E-state index contributed by atoms with van der Waals surface area (Å²) in [7, 11) is 2.12. The first-order valence-electron chi connectivity index (χ1n) is 7.11. The van der Waals surface area contributed by atoms with Crippen LogP contribution in [0.15, 0.2) is 0 Å². The Balaban J connectivity index is 1.74. The number of amides is 1. The lowest BCUT2D eigenvalue weighted by atomic mass is 10.1. The molecule has 104 valence electrons. The molecule has 1 amide bonds. The van der Waals surface area contributed by atoms with Crippen LogP contribution in [-0.2, 0) is 4.79 Å². The third-order valence-corrected chi connectivity index (χ3v) is 4.05. The summed E-state index contributed by atoms with van der Waals surface area (Å²) >= 11 is 0. The van der Waals surface area contributed by atoms with Crippen molar-refractivity contribution in [3.05, 3.63) is 0 Å². The number of nitrogens with zero attached hydrogens (tertiary/aromatic N) is 3. The minimum atomic E-state index is 0.318. The Hall–Kier alpha value is -0.650. The molecule has 5 nitrogen and oxygen atoms in total. The maximum Gasteiger partial charge on any atom is 0.224 e. The molecule has 2 aliphatic heterocycles. The van der Waals surface area contributed by atoms with Crippen molar-refractivity contribution in [1.29, 1.82) is 0 Å². The lowest BCUT2D eigenvalue weighted by Crippen LogP contribution is -2.53. The number of likely N-dealkylation sites (N-methyl/N-ethyl adjacent to an activating group) is 2. The standard InChI is InChI=1S/C13H26N4O/c1-3-16-6-8-17(9-7-16)13(18)10-12-11-15(2)5-4-14-12/h12,14H,3-11H2,1-2H3. The second kappa shape index (κ2) is 6.50. The summed E-state index contributed by atoms with van der Waals surface area (Å²) in [6.45, 7) is 10.2. The molecule has 2 heterocycles. The van der Waals surface area contributed by atoms with Crippen molar-refractivity contribution in [2.24, 2.45) is 0 Å². The fourth-order valence-electron chi connectivity index (χ4n) is 2.78. The molecule has 0 saturated carbocycles. The largest absolute Gasteiger partial charge is 0.340 e. The van der Waals surface area contributed by atoms with Crippen LogP contribution in [-0.4, -0.2) is 86.1 Å². The van der Waals surface area contributed by atoms with Crippen LogP contribution in [0.2, 0.25) is 0 Å². The van der Waals surface area contributed by atoms with Gasteiger partial charge < -0.3 is 20.0 Å². The molecule has 18 heavy (non-hydrogen) atoms. The molecule has 0 bridgehead atoms. The quantitative estimate of drug-likeness (QED) is 0.733. The minimum absolute atomic E-state index is 0.318. The monoisotopic (exact) mass is 254 g/mol. The van der Waals surface area contributed by atoms with E-state index in [0.29, 0.717) is 18.4 Å². The van der Waals surface area contributed by atoms with E-state index in [1.807, 2.05) is 4.90 Å². The molecule has 2 aliphatic rings. The molecule has 0 aromatic heterocycles. The van der Waals surface area contributed by atoms with E-state index in [4.69, 9.17) is 0 Å². The molecule has 0 aliphatic carbocycles. The first-order chi connectivity index (χ1) is 8.69. The van der Waals surface area contributed by atoms with Gasteiger partial charge in [0.2, 0.25) is 5.91 Å². The van der Waals surface area contributed by atoms with Crippen LogP contribution in [0.4, 0.5) is 0 Å². The summed E-state index contributed by atoms with van der Waals surface area (Å²) in [6.07, 6.45) is 0.649. The van der Waals surface area contributed by atoms with Gasteiger partial charge in [0.15, 0.2) is 0 Å². The van der Waals surface area contributed by atoms with Gasteiger partial charge in [0.25, 0.3) is 0 Å². The molecule has 1 unspecified atom stereocenters. The molecule has 2 saturated heterocycles. The van der Waals surface area contributed by atoms with Crippen LogP contribution in [0.1, 0.15) is 13.3 Å². The number of hydrogen-bond donors (Lipinski definition) is 1. The topological polar surface area (TPSA) is 38.8 Å². The number of carbonyl (C=O) groups excluding carboxylic acids is 1. The van der Waals surface area contributed by atoms with E-state index >= 15 is 0 Å². The SMILES string of the molecule is CCN1CCN(C(=O)CC2CN(C)CCN2)CC1. The zero-order valence-corrected chi connectivity index (χ0v) is 11.7. The Labute approximate surface area is 110 Å². The van der Waals surface area contributed by atoms with Crippen molar-refractivity contribution < 1.29 is 4.79 Å². The maximum atomic E-state index is 12.2. The van der Waals surface area contributed by atoms with Crippen LogP contribution >= 0.6 is 0 Å². The van der Waals surface area contributed by atoms with Gasteiger partial charge in [-0.05, 0) is 13.6 Å². The van der Waals surface area contributed by atoms with Crippen LogP contribution in [0.3, 0.4) is 0 Å². The second-order valence-electron chi connectivity index (χ2n) is 5.43. The third kappa shape index (κ3) is 3.67. The number of nitrogens with one attached hydrogen (secondary N) is 1. The maximum absolute atomic E-state index is 12.2. The predicted octanol–water partition coefficient (Wildman–Crippen LogP) is -0.556. The van der Waals surface area contributed by atoms with Gasteiger partial charge in [-0.3, -0.25) is 4.79 Å². The fraction of sp³-hybridized carbons (Fsp3) is 0.923. The Kier molecular flexibility index (Phi) is 4.97. The number of hydrogen-bond acceptors (Lipinski definition) is 4. The highest BCUT2D eigenvalue weighted by atomic mass is 16.2. The highest BCUT2D eigenvalue weighted by molar-refractivity contribution is 5.77. The molecule has 0 aromatic carbocycles. The summed E-state index contributed by atoms with van der Waals surface area (Å²) in [6, 6.07) is 0.334. The zero-order valence-electron chi connectivity index (χ0n) is 11.7. The summed E-state index contributed by atoms with van der Waals surface area (Å²) in [5, 5.41) is 3.44. The fourth-order valence-corrected chi connectivity index (χ4v) is 2.78. The zero-order chi connectivity index (χ0) is 13.0. The van der Waals surface area contributed by atoms with Gasteiger partial charge in [-0.25, -0.2) is 0 Å². The van der Waals surface area contributed by atoms with Gasteiger partial charge in [-0.15, -0.1) is 0 Å². The summed E-state index contributed by atoms with van der Waals surface area (Å²) in [5.74, 6) is 0.318. The van der Waals surface area contributed by atoms with E-state index in [9.17, 15) is 4.79 Å². The predicted molar refractivity (Wildman–Crippen MR) is 72.6 cm³/mol. The Morgan fingerprint density at radius 3 is 2.56 bits per heavy atom. The molecule has 0 spiro atoms. The van der Waals surface area contributed by atoms with E-state index in [1.54, 1.807) is 0 Å². The van der Waals surface area contributed by atoms with Crippen LogP contribution in [0, 0.1) is 0 Å². The van der Waals surface area contributed by atoms with Gasteiger partial charge in [0.1, 0.15) is 0 Å². The van der Waals surface area contributed by atoms with Gasteiger partial charge in [0.05, 0.1) is 0 Å². The van der Waals surface area contributed by atoms with Crippen LogP contribution in [0.5, 0.6) is 0 Å². The Bertz CT molecular complexity index is 276. The van der Waals surface area contributed by atoms with Crippen molar-refractivity contribution in [1.82, 2.24) is 20.0 Å². The summed E-state index contributed by atoms with van der Waals surface area (Å²) in [5.41, 5.74) is 0. The molecule has 1 N–H and O–H groups in total. The molecular formula is C13H26N4O. The highest BCUT2D eigenvalue weighted by Crippen LogP contribution is 2.07. The molecule has 1 atom stereocenters. The van der Waals surface area contributed by atoms with Crippen molar-refractivity contribution >= 4 is 5.91 Å². The van der Waals surface area contributed by atoms with Gasteiger partial charge in [0, 0.05) is 58.3 Å². The van der Waals surface area contributed by atoms with E-state index in [0.717, 1.165) is 52.4 Å². The molecule has 5 heteroatoms. The van der Waals surface area contributed by atoms with Gasteiger partial charge in [-0.2, -0.15) is 0 Å².